The van der Waals surface area contributed by atoms with E-state index in [0.29, 0.717) is 31.9 Å². The van der Waals surface area contributed by atoms with Crippen molar-refractivity contribution >= 4 is 50.9 Å². The number of nitrogens with zero attached hydrogens (tertiary/aromatic N) is 3. The predicted octanol–water partition coefficient (Wildman–Crippen LogP) is 5.42. The van der Waals surface area contributed by atoms with Gasteiger partial charge >= 0.3 is 5.97 Å². The van der Waals surface area contributed by atoms with E-state index in [9.17, 15) is 14.0 Å². The van der Waals surface area contributed by atoms with Crippen molar-refractivity contribution in [2.24, 2.45) is 4.99 Å². The smallest absolute Gasteiger partial charge is 0.338 e. The Morgan fingerprint density at radius 3 is 2.59 bits per heavy atom. The highest BCUT2D eigenvalue weighted by Gasteiger charge is 2.35. The van der Waals surface area contributed by atoms with Gasteiger partial charge in [-0.15, -0.1) is 0 Å². The largest absolute Gasteiger partial charge is 0.463 e. The van der Waals surface area contributed by atoms with E-state index < -0.39 is 17.8 Å². The molecule has 6 rings (SSSR count). The highest BCUT2D eigenvalue weighted by Crippen LogP contribution is 2.36. The number of hydrogen-bond donors (Lipinski definition) is 0. The highest BCUT2D eigenvalue weighted by atomic mass is 79.9. The minimum Gasteiger partial charge on any atom is -0.463 e. The number of rotatable bonds is 6. The average Bonchev–Trinajstić information content (AvgIpc) is 3.51. The van der Waals surface area contributed by atoms with E-state index in [-0.39, 0.29) is 17.7 Å². The SMILES string of the molecule is CCOC(=O)C1=C(c2ccccc2)N=c2s/c(=C/c3cc(Br)c(N4CCCCC4)o3)c(=O)n2[C@H]1c1ccc(F)cc1. The Hall–Kier alpha value is -3.76. The van der Waals surface area contributed by atoms with E-state index in [2.05, 4.69) is 20.8 Å². The monoisotopic (exact) mass is 635 g/mol. The van der Waals surface area contributed by atoms with Crippen molar-refractivity contribution in [3.8, 4) is 0 Å². The van der Waals surface area contributed by atoms with Gasteiger partial charge < -0.3 is 14.1 Å². The van der Waals surface area contributed by atoms with Crippen LogP contribution in [-0.2, 0) is 9.53 Å². The lowest BCUT2D eigenvalue weighted by molar-refractivity contribution is -0.138. The Kier molecular flexibility index (Phi) is 7.77. The number of ether oxygens (including phenoxy) is 1. The number of benzene rings is 2. The van der Waals surface area contributed by atoms with Crippen LogP contribution >= 0.6 is 27.3 Å². The van der Waals surface area contributed by atoms with Crippen molar-refractivity contribution in [1.29, 1.82) is 0 Å². The first-order valence-corrected chi connectivity index (χ1v) is 15.1. The molecule has 41 heavy (non-hydrogen) atoms. The minimum absolute atomic E-state index is 0.150. The van der Waals surface area contributed by atoms with Gasteiger partial charge in [-0.25, -0.2) is 14.2 Å². The summed E-state index contributed by atoms with van der Waals surface area (Å²) in [7, 11) is 0. The van der Waals surface area contributed by atoms with Crippen LogP contribution in [0.2, 0.25) is 0 Å². The number of carbonyl (C=O) groups is 1. The number of piperidine rings is 1. The van der Waals surface area contributed by atoms with Crippen molar-refractivity contribution in [2.75, 3.05) is 24.6 Å². The third kappa shape index (κ3) is 5.34. The third-order valence-corrected chi connectivity index (χ3v) is 8.71. The van der Waals surface area contributed by atoms with Crippen LogP contribution in [0.1, 0.15) is 49.1 Å². The normalized spacial score (nSPS) is 17.4. The van der Waals surface area contributed by atoms with Gasteiger partial charge in [-0.3, -0.25) is 9.36 Å². The molecule has 2 aliphatic heterocycles. The number of esters is 1. The summed E-state index contributed by atoms with van der Waals surface area (Å²) >= 11 is 4.83. The maximum absolute atomic E-state index is 14.0. The predicted molar refractivity (Wildman–Crippen MR) is 160 cm³/mol. The zero-order chi connectivity index (χ0) is 28.5. The van der Waals surface area contributed by atoms with Crippen LogP contribution in [0.25, 0.3) is 11.8 Å². The minimum atomic E-state index is -0.865. The number of fused-ring (bicyclic) bond motifs is 1. The molecular formula is C31H27BrFN3O4S. The summed E-state index contributed by atoms with van der Waals surface area (Å²) < 4.78 is 28.3. The van der Waals surface area contributed by atoms with E-state index in [1.54, 1.807) is 25.1 Å². The molecule has 210 valence electrons. The van der Waals surface area contributed by atoms with Gasteiger partial charge in [-0.05, 0) is 59.8 Å². The number of anilines is 1. The molecule has 1 atom stereocenters. The highest BCUT2D eigenvalue weighted by molar-refractivity contribution is 9.10. The summed E-state index contributed by atoms with van der Waals surface area (Å²) in [6.45, 7) is 3.72. The van der Waals surface area contributed by atoms with E-state index >= 15 is 0 Å². The van der Waals surface area contributed by atoms with Gasteiger partial charge in [-0.1, -0.05) is 53.8 Å². The second kappa shape index (κ2) is 11.6. The van der Waals surface area contributed by atoms with E-state index in [1.807, 2.05) is 36.4 Å². The van der Waals surface area contributed by atoms with Crippen LogP contribution in [0.5, 0.6) is 0 Å². The van der Waals surface area contributed by atoms with Gasteiger partial charge in [0, 0.05) is 30.8 Å². The number of hydrogen-bond acceptors (Lipinski definition) is 7. The molecule has 0 N–H and O–H groups in total. The topological polar surface area (TPSA) is 77.0 Å². The van der Waals surface area contributed by atoms with Crippen molar-refractivity contribution in [3.63, 3.8) is 0 Å². The first kappa shape index (κ1) is 27.4. The number of thiazole rings is 1. The standard InChI is InChI=1S/C31H27BrFN3O4S/c1-2-39-30(38)25-26(19-9-5-3-6-10-19)34-31-36(27(25)20-11-13-21(33)14-12-20)28(37)24(41-31)18-22-17-23(32)29(40-22)35-15-7-4-8-16-35/h3,5-6,9-14,17-18,27H,2,4,7-8,15-16H2,1H3/b24-18+/t27-/m0/s1. The molecule has 0 spiro atoms. The molecule has 0 saturated carbocycles. The summed E-state index contributed by atoms with van der Waals surface area (Å²) in [5.74, 6) is 0.289. The summed E-state index contributed by atoms with van der Waals surface area (Å²) in [4.78, 5) is 34.9. The molecular weight excluding hydrogens is 609 g/mol. The molecule has 4 aromatic rings. The Bertz CT molecular complexity index is 1800. The molecule has 2 aliphatic rings. The quantitative estimate of drug-likeness (QED) is 0.265. The Labute approximate surface area is 248 Å². The maximum atomic E-state index is 14.0. The van der Waals surface area contributed by atoms with Crippen LogP contribution in [-0.4, -0.2) is 30.2 Å². The average molecular weight is 637 g/mol. The van der Waals surface area contributed by atoms with Gasteiger partial charge in [0.2, 0.25) is 5.88 Å². The van der Waals surface area contributed by atoms with E-state index in [4.69, 9.17) is 14.1 Å². The fourth-order valence-corrected chi connectivity index (χ4v) is 6.83. The summed E-state index contributed by atoms with van der Waals surface area (Å²) in [6.07, 6.45) is 5.13. The second-order valence-electron chi connectivity index (χ2n) is 9.83. The maximum Gasteiger partial charge on any atom is 0.338 e. The Morgan fingerprint density at radius 1 is 1.15 bits per heavy atom. The lowest BCUT2D eigenvalue weighted by Gasteiger charge is -2.26. The molecule has 1 saturated heterocycles. The number of furan rings is 1. The fourth-order valence-electron chi connectivity index (χ4n) is 5.29. The van der Waals surface area contributed by atoms with Gasteiger partial charge in [0.1, 0.15) is 11.6 Å². The fraction of sp³-hybridized carbons (Fsp3) is 0.258. The Morgan fingerprint density at radius 2 is 1.88 bits per heavy atom. The molecule has 0 bridgehead atoms. The summed E-state index contributed by atoms with van der Waals surface area (Å²) in [5.41, 5.74) is 1.58. The van der Waals surface area contributed by atoms with Crippen LogP contribution in [0, 0.1) is 5.82 Å². The molecule has 2 aromatic heterocycles. The molecule has 10 heteroatoms. The van der Waals surface area contributed by atoms with Crippen molar-refractivity contribution in [1.82, 2.24) is 4.57 Å². The van der Waals surface area contributed by atoms with E-state index in [1.165, 1.54) is 34.5 Å². The molecule has 0 unspecified atom stereocenters. The van der Waals surface area contributed by atoms with Crippen LogP contribution in [0.15, 0.2) is 84.9 Å². The molecule has 0 aliphatic carbocycles. The summed E-state index contributed by atoms with van der Waals surface area (Å²) in [5, 5.41) is 0. The molecule has 4 heterocycles. The van der Waals surface area contributed by atoms with Crippen LogP contribution < -0.4 is 19.8 Å². The lowest BCUT2D eigenvalue weighted by Crippen LogP contribution is -2.40. The van der Waals surface area contributed by atoms with Crippen molar-refractivity contribution in [2.45, 2.75) is 32.2 Å². The van der Waals surface area contributed by atoms with Crippen molar-refractivity contribution < 1.29 is 18.3 Å². The number of aromatic nitrogens is 1. The molecule has 0 amide bonds. The zero-order valence-electron chi connectivity index (χ0n) is 22.3. The Balaban J connectivity index is 1.55. The summed E-state index contributed by atoms with van der Waals surface area (Å²) in [6, 6.07) is 16.1. The molecule has 7 nitrogen and oxygen atoms in total. The van der Waals surface area contributed by atoms with Crippen molar-refractivity contribution in [3.05, 3.63) is 113 Å². The zero-order valence-corrected chi connectivity index (χ0v) is 24.7. The van der Waals surface area contributed by atoms with Gasteiger partial charge in [-0.2, -0.15) is 0 Å². The van der Waals surface area contributed by atoms with Crippen LogP contribution in [0.3, 0.4) is 0 Å². The third-order valence-electron chi connectivity index (χ3n) is 7.16. The van der Waals surface area contributed by atoms with Gasteiger partial charge in [0.15, 0.2) is 4.80 Å². The van der Waals surface area contributed by atoms with Gasteiger partial charge in [0.25, 0.3) is 5.56 Å². The van der Waals surface area contributed by atoms with Crippen LogP contribution in [0.4, 0.5) is 10.3 Å². The number of halogens is 2. The second-order valence-corrected chi connectivity index (χ2v) is 11.7. The van der Waals surface area contributed by atoms with Gasteiger partial charge in [0.05, 0.1) is 32.9 Å². The lowest BCUT2D eigenvalue weighted by atomic mass is 9.93. The molecule has 1 fully saturated rings. The van der Waals surface area contributed by atoms with E-state index in [0.717, 1.165) is 36.3 Å². The first-order chi connectivity index (χ1) is 19.9. The number of carbonyl (C=O) groups excluding carboxylic acids is 1. The first-order valence-electron chi connectivity index (χ1n) is 13.5. The molecule has 2 aromatic carbocycles. The molecule has 0 radical (unpaired) electrons.